The predicted octanol–water partition coefficient (Wildman–Crippen LogP) is 1.58. The van der Waals surface area contributed by atoms with Crippen molar-refractivity contribution in [3.05, 3.63) is 6.92 Å². The van der Waals surface area contributed by atoms with Crippen molar-refractivity contribution in [3.8, 4) is 0 Å². The second kappa shape index (κ2) is 3.39. The molecule has 0 spiro atoms. The molecule has 0 saturated carbocycles. The number of hydrogen-bond donors (Lipinski definition) is 0. The molecule has 0 aromatic heterocycles. The lowest BCUT2D eigenvalue weighted by atomic mass is 10.2. The Bertz CT molecular complexity index is 104. The van der Waals surface area contributed by atoms with Crippen LogP contribution in [0.1, 0.15) is 13.8 Å². The van der Waals surface area contributed by atoms with E-state index >= 15 is 0 Å². The van der Waals surface area contributed by atoms with Gasteiger partial charge in [-0.05, 0) is 20.8 Å². The van der Waals surface area contributed by atoms with Gasteiger partial charge in [-0.3, -0.25) is 4.79 Å². The van der Waals surface area contributed by atoms with Gasteiger partial charge in [0, 0.05) is 0 Å². The maximum absolute atomic E-state index is 10.8. The highest BCUT2D eigenvalue weighted by molar-refractivity contribution is 14.1. The lowest BCUT2D eigenvalue weighted by Crippen LogP contribution is -2.26. The molecule has 1 radical (unpaired) electrons. The van der Waals surface area contributed by atoms with E-state index in [1.807, 2.05) is 22.6 Å². The van der Waals surface area contributed by atoms with Gasteiger partial charge in [-0.25, -0.2) is 0 Å². The molecule has 0 N–H and O–H groups in total. The van der Waals surface area contributed by atoms with Crippen LogP contribution in [0.4, 0.5) is 0 Å². The molecular formula is C6H10IO2. The number of hydrogen-bond acceptors (Lipinski definition) is 2. The molecule has 2 nitrogen and oxygen atoms in total. The highest BCUT2D eigenvalue weighted by Gasteiger charge is 2.24. The molecule has 53 valence electrons. The number of carbonyl (C=O) groups excluding carboxylic acids is 1. The van der Waals surface area contributed by atoms with Crippen LogP contribution in [0.15, 0.2) is 0 Å². The van der Waals surface area contributed by atoms with Gasteiger partial charge in [-0.1, -0.05) is 22.6 Å². The fraction of sp³-hybridized carbons (Fsp3) is 0.667. The summed E-state index contributed by atoms with van der Waals surface area (Å²) in [6.07, 6.45) is 0. The third kappa shape index (κ3) is 3.72. The molecule has 0 aromatic carbocycles. The SMILES string of the molecule is [CH2]COC(=O)C(C)(C)I. The van der Waals surface area contributed by atoms with Gasteiger partial charge in [0.2, 0.25) is 0 Å². The smallest absolute Gasteiger partial charge is 0.321 e. The Labute approximate surface area is 69.1 Å². The second-order valence-corrected chi connectivity index (χ2v) is 4.81. The third-order valence-electron chi connectivity index (χ3n) is 0.719. The first kappa shape index (κ1) is 9.20. The lowest BCUT2D eigenvalue weighted by Gasteiger charge is -2.12. The molecule has 0 atom stereocenters. The number of carbonyl (C=O) groups is 1. The molecule has 0 rings (SSSR count). The number of rotatable bonds is 2. The minimum absolute atomic E-state index is 0.210. The van der Waals surface area contributed by atoms with E-state index in [9.17, 15) is 4.79 Å². The van der Waals surface area contributed by atoms with Gasteiger partial charge < -0.3 is 4.74 Å². The van der Waals surface area contributed by atoms with Crippen molar-refractivity contribution in [2.75, 3.05) is 6.61 Å². The highest BCUT2D eigenvalue weighted by Crippen LogP contribution is 2.17. The molecule has 0 aliphatic rings. The van der Waals surface area contributed by atoms with E-state index in [-0.39, 0.29) is 12.6 Å². The molecule has 0 amide bonds. The van der Waals surface area contributed by atoms with Crippen LogP contribution in [0.3, 0.4) is 0 Å². The molecule has 0 aliphatic heterocycles. The molecular weight excluding hydrogens is 231 g/mol. The Kier molecular flexibility index (Phi) is 3.46. The fourth-order valence-corrected chi connectivity index (χ4v) is 0.420. The summed E-state index contributed by atoms with van der Waals surface area (Å²) in [6.45, 7) is 7.20. The van der Waals surface area contributed by atoms with Crippen molar-refractivity contribution in [2.24, 2.45) is 0 Å². The Morgan fingerprint density at radius 2 is 2.22 bits per heavy atom. The molecule has 0 fully saturated rings. The van der Waals surface area contributed by atoms with Crippen LogP contribution in [-0.4, -0.2) is 16.0 Å². The number of ether oxygens (including phenoxy) is 1. The topological polar surface area (TPSA) is 26.3 Å². The highest BCUT2D eigenvalue weighted by atomic mass is 127. The van der Waals surface area contributed by atoms with Crippen LogP contribution in [0.25, 0.3) is 0 Å². The average molecular weight is 241 g/mol. The van der Waals surface area contributed by atoms with Gasteiger partial charge in [0.15, 0.2) is 0 Å². The van der Waals surface area contributed by atoms with E-state index in [1.54, 1.807) is 13.8 Å². The van der Waals surface area contributed by atoms with E-state index in [0.717, 1.165) is 0 Å². The van der Waals surface area contributed by atoms with Crippen molar-refractivity contribution in [1.29, 1.82) is 0 Å². The molecule has 9 heavy (non-hydrogen) atoms. The van der Waals surface area contributed by atoms with Gasteiger partial charge in [0.05, 0.1) is 6.61 Å². The Balaban J connectivity index is 3.74. The summed E-state index contributed by atoms with van der Waals surface area (Å²) >= 11 is 2.02. The third-order valence-corrected chi connectivity index (χ3v) is 1.16. The normalized spacial score (nSPS) is 11.1. The maximum atomic E-state index is 10.8. The molecule has 0 heterocycles. The quantitative estimate of drug-likeness (QED) is 0.416. The minimum Gasteiger partial charge on any atom is -0.465 e. The summed E-state index contributed by atoms with van der Waals surface area (Å²) in [5.41, 5.74) is 0. The maximum Gasteiger partial charge on any atom is 0.321 e. The van der Waals surface area contributed by atoms with Gasteiger partial charge in [-0.15, -0.1) is 0 Å². The first-order valence-corrected chi connectivity index (χ1v) is 3.71. The zero-order valence-corrected chi connectivity index (χ0v) is 7.77. The van der Waals surface area contributed by atoms with Crippen LogP contribution in [-0.2, 0) is 9.53 Å². The number of esters is 1. The van der Waals surface area contributed by atoms with Crippen molar-refractivity contribution < 1.29 is 9.53 Å². The molecule has 0 saturated heterocycles. The summed E-state index contributed by atoms with van der Waals surface area (Å²) in [6, 6.07) is 0. The number of alkyl halides is 1. The van der Waals surface area contributed by atoms with Gasteiger partial charge in [0.1, 0.15) is 3.42 Å². The van der Waals surface area contributed by atoms with Crippen molar-refractivity contribution in [2.45, 2.75) is 17.3 Å². The monoisotopic (exact) mass is 241 g/mol. The summed E-state index contributed by atoms with van der Waals surface area (Å²) in [4.78, 5) is 10.8. The molecule has 0 bridgehead atoms. The van der Waals surface area contributed by atoms with Gasteiger partial charge >= 0.3 is 5.97 Å². The van der Waals surface area contributed by atoms with Crippen LogP contribution < -0.4 is 0 Å². The van der Waals surface area contributed by atoms with Crippen molar-refractivity contribution >= 4 is 28.6 Å². The lowest BCUT2D eigenvalue weighted by molar-refractivity contribution is -0.143. The summed E-state index contributed by atoms with van der Waals surface area (Å²) in [5, 5.41) is 0. The zero-order valence-electron chi connectivity index (χ0n) is 5.61. The second-order valence-electron chi connectivity index (χ2n) is 2.11. The summed E-state index contributed by atoms with van der Waals surface area (Å²) in [7, 11) is 0. The van der Waals surface area contributed by atoms with Crippen LogP contribution in [0, 0.1) is 6.92 Å². The Morgan fingerprint density at radius 3 is 2.33 bits per heavy atom. The van der Waals surface area contributed by atoms with E-state index in [2.05, 4.69) is 11.7 Å². The van der Waals surface area contributed by atoms with E-state index in [4.69, 9.17) is 0 Å². The molecule has 3 heteroatoms. The van der Waals surface area contributed by atoms with Gasteiger partial charge in [-0.2, -0.15) is 0 Å². The van der Waals surface area contributed by atoms with Crippen LogP contribution in [0.2, 0.25) is 0 Å². The predicted molar refractivity (Wildman–Crippen MR) is 44.4 cm³/mol. The molecule has 0 aliphatic carbocycles. The zero-order chi connectivity index (χ0) is 7.49. The standard InChI is InChI=1S/C6H10IO2/c1-4-9-5(8)6(2,3)7/h1,4H2,2-3H3. The minimum atomic E-state index is -0.421. The van der Waals surface area contributed by atoms with E-state index in [0.29, 0.717) is 0 Å². The van der Waals surface area contributed by atoms with Crippen molar-refractivity contribution in [1.82, 2.24) is 0 Å². The summed E-state index contributed by atoms with van der Waals surface area (Å²) < 4.78 is 4.23. The molecule has 0 aromatic rings. The van der Waals surface area contributed by atoms with Crippen LogP contribution in [0.5, 0.6) is 0 Å². The summed E-state index contributed by atoms with van der Waals surface area (Å²) in [5.74, 6) is -0.210. The first-order chi connectivity index (χ1) is 3.98. The Hall–Kier alpha value is 0.200. The van der Waals surface area contributed by atoms with E-state index < -0.39 is 3.42 Å². The Morgan fingerprint density at radius 1 is 1.78 bits per heavy atom. The van der Waals surface area contributed by atoms with Crippen molar-refractivity contribution in [3.63, 3.8) is 0 Å². The van der Waals surface area contributed by atoms with Gasteiger partial charge in [0.25, 0.3) is 0 Å². The molecule has 0 unspecified atom stereocenters. The first-order valence-electron chi connectivity index (χ1n) is 2.64. The van der Waals surface area contributed by atoms with E-state index in [1.165, 1.54) is 0 Å². The average Bonchev–Trinajstić information content (AvgIpc) is 1.64. The largest absolute Gasteiger partial charge is 0.465 e. The fourth-order valence-electron chi connectivity index (χ4n) is 0.264. The van der Waals surface area contributed by atoms with Crippen LogP contribution >= 0.6 is 22.6 Å². The number of halogens is 1.